The normalized spacial score (nSPS) is 22.9. The Morgan fingerprint density at radius 3 is 2.31 bits per heavy atom. The number of carbonyl (C=O) groups is 1. The fraction of sp³-hybridized carbons (Fsp3) is 0.348. The second-order valence-electron chi connectivity index (χ2n) is 6.92. The van der Waals surface area contributed by atoms with E-state index in [0.717, 1.165) is 25.8 Å². The van der Waals surface area contributed by atoms with Crippen LogP contribution < -0.4 is 0 Å². The molecule has 3 heteroatoms. The Bertz CT molecular complexity index is 714. The summed E-state index contributed by atoms with van der Waals surface area (Å²) in [5.41, 5.74) is 2.55. The molecule has 0 saturated carbocycles. The fourth-order valence-corrected chi connectivity index (χ4v) is 4.01. The predicted octanol–water partition coefficient (Wildman–Crippen LogP) is 4.24. The van der Waals surface area contributed by atoms with Gasteiger partial charge in [0.15, 0.2) is 0 Å². The van der Waals surface area contributed by atoms with E-state index in [-0.39, 0.29) is 18.1 Å². The van der Waals surface area contributed by atoms with Gasteiger partial charge in [0, 0.05) is 12.6 Å². The van der Waals surface area contributed by atoms with E-state index < -0.39 is 0 Å². The third-order valence-corrected chi connectivity index (χ3v) is 5.37. The number of carbonyl (C=O) groups excluding carboxylic acids is 1. The van der Waals surface area contributed by atoms with Crippen molar-refractivity contribution in [3.63, 3.8) is 0 Å². The smallest absolute Gasteiger partial charge is 0.323 e. The summed E-state index contributed by atoms with van der Waals surface area (Å²) in [5.74, 6) is 0.154. The van der Waals surface area contributed by atoms with Crippen molar-refractivity contribution in [3.8, 4) is 0 Å². The molecule has 1 heterocycles. The van der Waals surface area contributed by atoms with Gasteiger partial charge in [-0.2, -0.15) is 0 Å². The molecule has 2 aromatic rings. The van der Waals surface area contributed by atoms with Crippen LogP contribution >= 0.6 is 0 Å². The largest absolute Gasteiger partial charge is 0.468 e. The van der Waals surface area contributed by atoms with Gasteiger partial charge in [0.1, 0.15) is 6.04 Å². The van der Waals surface area contributed by atoms with Crippen LogP contribution in [0.3, 0.4) is 0 Å². The summed E-state index contributed by atoms with van der Waals surface area (Å²) >= 11 is 0. The first-order valence-electron chi connectivity index (χ1n) is 9.27. The quantitative estimate of drug-likeness (QED) is 0.553. The summed E-state index contributed by atoms with van der Waals surface area (Å²) in [6.45, 7) is 4.78. The number of likely N-dealkylation sites (tertiary alicyclic amines) is 1. The van der Waals surface area contributed by atoms with Gasteiger partial charge in [-0.05, 0) is 36.3 Å². The lowest BCUT2D eigenvalue weighted by molar-refractivity contribution is -0.146. The van der Waals surface area contributed by atoms with E-state index in [4.69, 9.17) is 4.74 Å². The highest BCUT2D eigenvalue weighted by molar-refractivity contribution is 5.76. The number of rotatable bonds is 7. The molecule has 0 unspecified atom stereocenters. The van der Waals surface area contributed by atoms with Crippen molar-refractivity contribution in [2.45, 2.75) is 37.9 Å². The molecule has 1 saturated heterocycles. The average Bonchev–Trinajstić information content (AvgIpc) is 3.04. The van der Waals surface area contributed by atoms with Crippen LogP contribution in [0.1, 0.15) is 24.0 Å². The van der Waals surface area contributed by atoms with Gasteiger partial charge in [0.25, 0.3) is 0 Å². The van der Waals surface area contributed by atoms with E-state index in [2.05, 4.69) is 47.9 Å². The Morgan fingerprint density at radius 2 is 1.73 bits per heavy atom. The Hall–Kier alpha value is -2.39. The molecule has 136 valence electrons. The Kier molecular flexibility index (Phi) is 6.24. The Balaban J connectivity index is 1.81. The van der Waals surface area contributed by atoms with Crippen LogP contribution in [-0.2, 0) is 22.5 Å². The highest BCUT2D eigenvalue weighted by Gasteiger charge is 2.43. The van der Waals surface area contributed by atoms with Gasteiger partial charge in [-0.1, -0.05) is 66.7 Å². The van der Waals surface area contributed by atoms with Gasteiger partial charge in [-0.25, -0.2) is 0 Å². The molecule has 1 fully saturated rings. The van der Waals surface area contributed by atoms with Crippen molar-refractivity contribution in [1.82, 2.24) is 4.90 Å². The molecule has 3 rings (SSSR count). The maximum Gasteiger partial charge on any atom is 0.323 e. The molecule has 3 nitrogen and oxygen atoms in total. The van der Waals surface area contributed by atoms with Crippen LogP contribution in [0.25, 0.3) is 0 Å². The molecule has 26 heavy (non-hydrogen) atoms. The van der Waals surface area contributed by atoms with E-state index in [1.165, 1.54) is 18.2 Å². The van der Waals surface area contributed by atoms with Crippen LogP contribution in [-0.4, -0.2) is 30.1 Å². The number of aryl methyl sites for hydroxylation is 1. The first kappa shape index (κ1) is 18.4. The molecule has 3 atom stereocenters. The van der Waals surface area contributed by atoms with Crippen LogP contribution in [0.4, 0.5) is 0 Å². The Labute approximate surface area is 156 Å². The summed E-state index contributed by atoms with van der Waals surface area (Å²) in [5, 5.41) is 0. The molecular weight excluding hydrogens is 322 g/mol. The van der Waals surface area contributed by atoms with Gasteiger partial charge in [-0.15, -0.1) is 6.58 Å². The van der Waals surface area contributed by atoms with Crippen LogP contribution in [0, 0.1) is 5.92 Å². The third-order valence-electron chi connectivity index (χ3n) is 5.37. The van der Waals surface area contributed by atoms with E-state index in [1.807, 2.05) is 30.3 Å². The fourth-order valence-electron chi connectivity index (χ4n) is 4.01. The molecular formula is C23H27NO2. The molecule has 1 aliphatic heterocycles. The molecule has 0 spiro atoms. The summed E-state index contributed by atoms with van der Waals surface area (Å²) < 4.78 is 5.09. The van der Waals surface area contributed by atoms with Crippen molar-refractivity contribution in [3.05, 3.63) is 84.4 Å². The van der Waals surface area contributed by atoms with E-state index in [0.29, 0.717) is 5.92 Å². The number of ether oxygens (including phenoxy) is 1. The maximum absolute atomic E-state index is 12.4. The summed E-state index contributed by atoms with van der Waals surface area (Å²) in [6, 6.07) is 20.9. The number of methoxy groups -OCH3 is 1. The number of benzene rings is 2. The second kappa shape index (κ2) is 8.81. The van der Waals surface area contributed by atoms with Crippen LogP contribution in [0.2, 0.25) is 0 Å². The van der Waals surface area contributed by atoms with Crippen molar-refractivity contribution in [2.75, 3.05) is 7.11 Å². The minimum atomic E-state index is -0.205. The molecule has 0 N–H and O–H groups in total. The molecule has 0 aromatic heterocycles. The number of hydrogen-bond donors (Lipinski definition) is 0. The minimum Gasteiger partial charge on any atom is -0.468 e. The van der Waals surface area contributed by atoms with E-state index >= 15 is 0 Å². The molecule has 0 bridgehead atoms. The predicted molar refractivity (Wildman–Crippen MR) is 105 cm³/mol. The van der Waals surface area contributed by atoms with E-state index in [1.54, 1.807) is 0 Å². The zero-order chi connectivity index (χ0) is 18.4. The molecule has 0 amide bonds. The first-order chi connectivity index (χ1) is 12.7. The number of esters is 1. The lowest BCUT2D eigenvalue weighted by atomic mass is 9.94. The van der Waals surface area contributed by atoms with Gasteiger partial charge >= 0.3 is 5.97 Å². The highest BCUT2D eigenvalue weighted by atomic mass is 16.5. The van der Waals surface area contributed by atoms with Crippen LogP contribution in [0.15, 0.2) is 73.3 Å². The monoisotopic (exact) mass is 349 g/mol. The first-order valence-corrected chi connectivity index (χ1v) is 9.27. The summed E-state index contributed by atoms with van der Waals surface area (Å²) in [6.07, 6.45) is 4.79. The van der Waals surface area contributed by atoms with Crippen LogP contribution in [0.5, 0.6) is 0 Å². The molecule has 0 radical (unpaired) electrons. The number of nitrogens with zero attached hydrogens (tertiary/aromatic N) is 1. The minimum absolute atomic E-state index is 0.144. The topological polar surface area (TPSA) is 29.5 Å². The summed E-state index contributed by atoms with van der Waals surface area (Å²) in [7, 11) is 1.48. The second-order valence-corrected chi connectivity index (χ2v) is 6.92. The SMILES string of the molecule is C=C[C@@H]1C[C@H](C(=O)OC)N(Cc2ccccc2)[C@H]1CCc1ccccc1. The maximum atomic E-state index is 12.4. The molecule has 2 aromatic carbocycles. The molecule has 1 aliphatic rings. The third kappa shape index (κ3) is 4.23. The van der Waals surface area contributed by atoms with Crippen molar-refractivity contribution in [1.29, 1.82) is 0 Å². The Morgan fingerprint density at radius 1 is 1.12 bits per heavy atom. The zero-order valence-corrected chi connectivity index (χ0v) is 15.4. The lowest BCUT2D eigenvalue weighted by Crippen LogP contribution is -2.41. The standard InChI is InChI=1S/C23H27NO2/c1-3-20-16-22(23(25)26-2)24(17-19-12-8-5-9-13-19)21(20)15-14-18-10-6-4-7-11-18/h3-13,20-22H,1,14-17H2,2H3/t20-,21+,22-/m1/s1. The number of hydrogen-bond acceptors (Lipinski definition) is 3. The summed E-state index contributed by atoms with van der Waals surface area (Å²) in [4.78, 5) is 14.7. The average molecular weight is 349 g/mol. The van der Waals surface area contributed by atoms with E-state index in [9.17, 15) is 4.79 Å². The van der Waals surface area contributed by atoms with Gasteiger partial charge in [0.2, 0.25) is 0 Å². The van der Waals surface area contributed by atoms with Gasteiger partial charge < -0.3 is 4.74 Å². The van der Waals surface area contributed by atoms with Crippen molar-refractivity contribution in [2.24, 2.45) is 5.92 Å². The van der Waals surface area contributed by atoms with Gasteiger partial charge in [0.05, 0.1) is 7.11 Å². The van der Waals surface area contributed by atoms with Crippen molar-refractivity contribution >= 4 is 5.97 Å². The lowest BCUT2D eigenvalue weighted by Gasteiger charge is -2.30. The molecule has 0 aliphatic carbocycles. The van der Waals surface area contributed by atoms with Gasteiger partial charge in [-0.3, -0.25) is 9.69 Å². The zero-order valence-electron chi connectivity index (χ0n) is 15.4. The highest BCUT2D eigenvalue weighted by Crippen LogP contribution is 2.35. The van der Waals surface area contributed by atoms with Crippen molar-refractivity contribution < 1.29 is 9.53 Å².